The highest BCUT2D eigenvalue weighted by atomic mass is 16.6. The van der Waals surface area contributed by atoms with Gasteiger partial charge in [-0.3, -0.25) is 0 Å². The van der Waals surface area contributed by atoms with Gasteiger partial charge in [0.25, 0.3) is 0 Å². The van der Waals surface area contributed by atoms with Crippen molar-refractivity contribution < 1.29 is 4.84 Å². The van der Waals surface area contributed by atoms with Crippen molar-refractivity contribution >= 4 is 5.71 Å². The highest BCUT2D eigenvalue weighted by Crippen LogP contribution is 2.41. The first kappa shape index (κ1) is 22.0. The zero-order chi connectivity index (χ0) is 18.5. The Morgan fingerprint density at radius 2 is 1.80 bits per heavy atom. The van der Waals surface area contributed by atoms with Crippen LogP contribution >= 0.6 is 0 Å². The van der Waals surface area contributed by atoms with Crippen LogP contribution < -0.4 is 0 Å². The lowest BCUT2D eigenvalue weighted by molar-refractivity contribution is 0.139. The average molecular weight is 348 g/mol. The SMILES string of the molecule is CCCCCCCCCCO/N=C(C)/C=C/C1C(C)=CCCC1(C)C. The molecule has 0 radical (unpaired) electrons. The molecule has 0 saturated carbocycles. The first-order valence-electron chi connectivity index (χ1n) is 10.5. The van der Waals surface area contributed by atoms with Gasteiger partial charge in [-0.15, -0.1) is 0 Å². The topological polar surface area (TPSA) is 21.6 Å². The number of hydrogen-bond acceptors (Lipinski definition) is 2. The standard InChI is InChI=1S/C23H41NO/c1-6-7-8-9-10-11-12-13-19-25-24-21(3)16-17-22-20(2)15-14-18-23(22,4)5/h15-17,22H,6-14,18-19H2,1-5H3/b17-16+,24-21+. The van der Waals surface area contributed by atoms with Crippen LogP contribution in [0.15, 0.2) is 29.0 Å². The van der Waals surface area contributed by atoms with Gasteiger partial charge in [-0.05, 0) is 51.0 Å². The molecular formula is C23H41NO. The molecule has 0 fully saturated rings. The summed E-state index contributed by atoms with van der Waals surface area (Å²) in [5, 5.41) is 4.25. The van der Waals surface area contributed by atoms with E-state index in [1.165, 1.54) is 63.4 Å². The molecule has 2 heteroatoms. The molecule has 25 heavy (non-hydrogen) atoms. The molecule has 2 nitrogen and oxygen atoms in total. The highest BCUT2D eigenvalue weighted by Gasteiger charge is 2.30. The Labute approximate surface area is 156 Å². The van der Waals surface area contributed by atoms with E-state index in [2.05, 4.69) is 51.1 Å². The summed E-state index contributed by atoms with van der Waals surface area (Å²) in [7, 11) is 0. The summed E-state index contributed by atoms with van der Waals surface area (Å²) >= 11 is 0. The maximum atomic E-state index is 5.48. The van der Waals surface area contributed by atoms with E-state index in [9.17, 15) is 0 Å². The fourth-order valence-electron chi connectivity index (χ4n) is 3.70. The summed E-state index contributed by atoms with van der Waals surface area (Å²) in [5.41, 5.74) is 2.79. The van der Waals surface area contributed by atoms with Crippen LogP contribution in [0, 0.1) is 11.3 Å². The first-order valence-corrected chi connectivity index (χ1v) is 10.5. The van der Waals surface area contributed by atoms with Crippen LogP contribution in [-0.4, -0.2) is 12.3 Å². The Morgan fingerprint density at radius 1 is 1.16 bits per heavy atom. The van der Waals surface area contributed by atoms with Gasteiger partial charge < -0.3 is 4.84 Å². The van der Waals surface area contributed by atoms with Crippen LogP contribution in [0.2, 0.25) is 0 Å². The third-order valence-corrected chi connectivity index (χ3v) is 5.42. The Kier molecular flexibility index (Phi) is 10.8. The third kappa shape index (κ3) is 9.28. The van der Waals surface area contributed by atoms with Crippen LogP contribution in [0.25, 0.3) is 0 Å². The van der Waals surface area contributed by atoms with Gasteiger partial charge in [-0.1, -0.05) is 82.2 Å². The molecule has 0 heterocycles. The zero-order valence-electron chi connectivity index (χ0n) is 17.4. The fraction of sp³-hybridized carbons (Fsp3) is 0.783. The number of allylic oxidation sites excluding steroid dienone is 4. The van der Waals surface area contributed by atoms with Crippen molar-refractivity contribution in [1.29, 1.82) is 0 Å². The van der Waals surface area contributed by atoms with E-state index in [1.54, 1.807) is 0 Å². The maximum absolute atomic E-state index is 5.48. The van der Waals surface area contributed by atoms with Crippen LogP contribution in [0.5, 0.6) is 0 Å². The molecule has 144 valence electrons. The van der Waals surface area contributed by atoms with Crippen LogP contribution in [0.3, 0.4) is 0 Å². The predicted molar refractivity (Wildman–Crippen MR) is 111 cm³/mol. The second kappa shape index (κ2) is 12.3. The van der Waals surface area contributed by atoms with Crippen molar-refractivity contribution in [3.63, 3.8) is 0 Å². The first-order chi connectivity index (χ1) is 12.0. The summed E-state index contributed by atoms with van der Waals surface area (Å²) in [6, 6.07) is 0. The summed E-state index contributed by atoms with van der Waals surface area (Å²) in [4.78, 5) is 5.48. The van der Waals surface area contributed by atoms with Crippen molar-refractivity contribution in [2.45, 2.75) is 98.8 Å². The van der Waals surface area contributed by atoms with Crippen molar-refractivity contribution in [3.05, 3.63) is 23.8 Å². The smallest absolute Gasteiger partial charge is 0.117 e. The number of rotatable bonds is 12. The average Bonchev–Trinajstić information content (AvgIpc) is 2.55. The minimum absolute atomic E-state index is 0.341. The van der Waals surface area contributed by atoms with Gasteiger partial charge in [0.15, 0.2) is 0 Å². The molecule has 0 saturated heterocycles. The number of hydrogen-bond donors (Lipinski definition) is 0. The molecular weight excluding hydrogens is 306 g/mol. The molecule has 1 unspecified atom stereocenters. The van der Waals surface area contributed by atoms with E-state index in [0.717, 1.165) is 18.7 Å². The molecule has 1 rings (SSSR count). The molecule has 0 aromatic heterocycles. The third-order valence-electron chi connectivity index (χ3n) is 5.42. The van der Waals surface area contributed by atoms with E-state index < -0.39 is 0 Å². The quantitative estimate of drug-likeness (QED) is 0.155. The molecule has 0 spiro atoms. The van der Waals surface area contributed by atoms with Gasteiger partial charge in [0.05, 0.1) is 5.71 Å². The van der Waals surface area contributed by atoms with Crippen molar-refractivity contribution in [3.8, 4) is 0 Å². The van der Waals surface area contributed by atoms with Crippen molar-refractivity contribution in [1.82, 2.24) is 0 Å². The molecule has 0 amide bonds. The summed E-state index contributed by atoms with van der Waals surface area (Å²) in [6.45, 7) is 12.0. The number of unbranched alkanes of at least 4 members (excludes halogenated alkanes) is 7. The lowest BCUT2D eigenvalue weighted by Gasteiger charge is -2.36. The second-order valence-corrected chi connectivity index (χ2v) is 8.35. The largest absolute Gasteiger partial charge is 0.396 e. The van der Waals surface area contributed by atoms with E-state index >= 15 is 0 Å². The Hall–Kier alpha value is -1.05. The predicted octanol–water partition coefficient (Wildman–Crippen LogP) is 7.46. The Morgan fingerprint density at radius 3 is 2.44 bits per heavy atom. The van der Waals surface area contributed by atoms with Gasteiger partial charge in [-0.2, -0.15) is 0 Å². The van der Waals surface area contributed by atoms with Crippen molar-refractivity contribution in [2.24, 2.45) is 16.5 Å². The number of nitrogens with zero attached hydrogens (tertiary/aromatic N) is 1. The molecule has 1 aliphatic carbocycles. The fourth-order valence-corrected chi connectivity index (χ4v) is 3.70. The maximum Gasteiger partial charge on any atom is 0.117 e. The van der Waals surface area contributed by atoms with Gasteiger partial charge in [0.1, 0.15) is 6.61 Å². The molecule has 0 N–H and O–H groups in total. The summed E-state index contributed by atoms with van der Waals surface area (Å²) in [5.74, 6) is 0.513. The Bertz CT molecular complexity index is 445. The van der Waals surface area contributed by atoms with Gasteiger partial charge in [-0.25, -0.2) is 0 Å². The monoisotopic (exact) mass is 347 g/mol. The van der Waals surface area contributed by atoms with Crippen molar-refractivity contribution in [2.75, 3.05) is 6.61 Å². The molecule has 1 atom stereocenters. The number of oxime groups is 1. The normalized spacial score (nSPS) is 20.8. The molecule has 0 bridgehead atoms. The van der Waals surface area contributed by atoms with Gasteiger partial charge in [0, 0.05) is 5.92 Å². The van der Waals surface area contributed by atoms with E-state index in [-0.39, 0.29) is 0 Å². The van der Waals surface area contributed by atoms with E-state index in [0.29, 0.717) is 11.3 Å². The second-order valence-electron chi connectivity index (χ2n) is 8.35. The minimum Gasteiger partial charge on any atom is -0.396 e. The van der Waals surface area contributed by atoms with Crippen LogP contribution in [0.4, 0.5) is 0 Å². The Balaban J connectivity index is 2.19. The molecule has 1 aliphatic rings. The lowest BCUT2D eigenvalue weighted by Crippen LogP contribution is -2.26. The van der Waals surface area contributed by atoms with Gasteiger partial charge >= 0.3 is 0 Å². The molecule has 0 aromatic carbocycles. The minimum atomic E-state index is 0.341. The van der Waals surface area contributed by atoms with Gasteiger partial charge in [0.2, 0.25) is 0 Å². The molecule has 0 aliphatic heterocycles. The van der Waals surface area contributed by atoms with Crippen LogP contribution in [0.1, 0.15) is 98.8 Å². The molecule has 0 aromatic rings. The summed E-state index contributed by atoms with van der Waals surface area (Å²) in [6.07, 6.45) is 19.9. The van der Waals surface area contributed by atoms with Crippen LogP contribution in [-0.2, 0) is 4.84 Å². The van der Waals surface area contributed by atoms with E-state index in [1.807, 2.05) is 6.92 Å². The highest BCUT2D eigenvalue weighted by molar-refractivity contribution is 5.92. The summed E-state index contributed by atoms with van der Waals surface area (Å²) < 4.78 is 0. The zero-order valence-corrected chi connectivity index (χ0v) is 17.4. The van der Waals surface area contributed by atoms with E-state index in [4.69, 9.17) is 4.84 Å². The lowest BCUT2D eigenvalue weighted by atomic mass is 9.68.